The fourth-order valence-electron chi connectivity index (χ4n) is 3.28. The predicted octanol–water partition coefficient (Wildman–Crippen LogP) is 3.14. The molecule has 1 atom stereocenters. The van der Waals surface area contributed by atoms with Gasteiger partial charge in [-0.2, -0.15) is 5.10 Å². The van der Waals surface area contributed by atoms with Gasteiger partial charge in [0.2, 0.25) is 0 Å². The third kappa shape index (κ3) is 5.33. The molecule has 1 aliphatic rings. The lowest BCUT2D eigenvalue weighted by atomic mass is 10.0. The molecule has 3 rings (SSSR count). The van der Waals surface area contributed by atoms with Crippen LogP contribution in [-0.4, -0.2) is 47.4 Å². The zero-order valence-electron chi connectivity index (χ0n) is 16.0. The molecule has 1 saturated heterocycles. The molecule has 1 unspecified atom stereocenters. The van der Waals surface area contributed by atoms with Crippen LogP contribution >= 0.6 is 24.0 Å². The molecule has 2 heterocycles. The van der Waals surface area contributed by atoms with Crippen molar-refractivity contribution in [1.29, 1.82) is 0 Å². The summed E-state index contributed by atoms with van der Waals surface area (Å²) in [6.45, 7) is 5.13. The number of aromatic nitrogens is 2. The van der Waals surface area contributed by atoms with Crippen molar-refractivity contribution in [1.82, 2.24) is 20.0 Å². The monoisotopic (exact) mass is 487 g/mol. The topological polar surface area (TPSA) is 54.7 Å². The van der Waals surface area contributed by atoms with Crippen LogP contribution in [0.2, 0.25) is 0 Å². The normalized spacial score (nSPS) is 17.0. The summed E-state index contributed by atoms with van der Waals surface area (Å²) in [5.74, 6) is 1.23. The molecule has 1 aromatic carbocycles. The number of likely N-dealkylation sites (tertiary alicyclic amines) is 1. The molecule has 0 amide bonds. The molecule has 1 aromatic heterocycles. The van der Waals surface area contributed by atoms with E-state index in [4.69, 9.17) is 9.73 Å². The first-order valence-corrected chi connectivity index (χ1v) is 8.95. The van der Waals surface area contributed by atoms with Gasteiger partial charge in [-0.1, -0.05) is 6.07 Å². The molecule has 1 aliphatic heterocycles. The number of aliphatic imine (C=N–C) groups is 1. The van der Waals surface area contributed by atoms with E-state index in [0.29, 0.717) is 12.5 Å². The third-order valence-electron chi connectivity index (χ3n) is 4.65. The highest BCUT2D eigenvalue weighted by Gasteiger charge is 2.26. The van der Waals surface area contributed by atoms with Gasteiger partial charge in [0, 0.05) is 38.8 Å². The van der Waals surface area contributed by atoms with Crippen molar-refractivity contribution in [3.63, 3.8) is 0 Å². The minimum Gasteiger partial charge on any atom is -0.494 e. The Morgan fingerprint density at radius 2 is 2.26 bits per heavy atom. The van der Waals surface area contributed by atoms with Crippen LogP contribution < -0.4 is 10.1 Å². The summed E-state index contributed by atoms with van der Waals surface area (Å²) in [6, 6.07) is 4.97. The first-order valence-electron chi connectivity index (χ1n) is 8.95. The van der Waals surface area contributed by atoms with E-state index in [0.717, 1.165) is 37.6 Å². The number of hydrogen-bond acceptors (Lipinski definition) is 3. The van der Waals surface area contributed by atoms with E-state index in [9.17, 15) is 4.39 Å². The zero-order chi connectivity index (χ0) is 18.5. The number of guanidine groups is 1. The van der Waals surface area contributed by atoms with Gasteiger partial charge in [0.25, 0.3) is 0 Å². The van der Waals surface area contributed by atoms with Crippen molar-refractivity contribution in [3.8, 4) is 5.75 Å². The molecule has 8 heteroatoms. The van der Waals surface area contributed by atoms with Crippen molar-refractivity contribution in [2.24, 2.45) is 12.0 Å². The molecule has 2 aromatic rings. The lowest BCUT2D eigenvalue weighted by Crippen LogP contribution is -2.40. The minimum atomic E-state index is -0.358. The molecule has 0 radical (unpaired) electrons. The van der Waals surface area contributed by atoms with Crippen LogP contribution in [0.1, 0.15) is 30.4 Å². The lowest BCUT2D eigenvalue weighted by molar-refractivity contribution is 0.386. The molecular weight excluding hydrogens is 460 g/mol. The fourth-order valence-corrected chi connectivity index (χ4v) is 3.28. The summed E-state index contributed by atoms with van der Waals surface area (Å²) < 4.78 is 20.7. The molecule has 1 N–H and O–H groups in total. The highest BCUT2D eigenvalue weighted by atomic mass is 127. The maximum Gasteiger partial charge on any atom is 0.194 e. The quantitative estimate of drug-likeness (QED) is 0.400. The third-order valence-corrected chi connectivity index (χ3v) is 4.65. The van der Waals surface area contributed by atoms with Gasteiger partial charge < -0.3 is 15.0 Å². The number of ether oxygens (including phenoxy) is 1. The summed E-state index contributed by atoms with van der Waals surface area (Å²) in [7, 11) is 3.40. The molecule has 0 saturated carbocycles. The van der Waals surface area contributed by atoms with Gasteiger partial charge >= 0.3 is 0 Å². The van der Waals surface area contributed by atoms with Crippen LogP contribution in [0.5, 0.6) is 5.75 Å². The van der Waals surface area contributed by atoms with Gasteiger partial charge in [-0.25, -0.2) is 9.38 Å². The van der Waals surface area contributed by atoms with Crippen LogP contribution in [-0.2, 0) is 13.6 Å². The molecule has 27 heavy (non-hydrogen) atoms. The van der Waals surface area contributed by atoms with Crippen molar-refractivity contribution < 1.29 is 9.13 Å². The molecule has 148 valence electrons. The van der Waals surface area contributed by atoms with E-state index in [2.05, 4.69) is 28.4 Å². The zero-order valence-corrected chi connectivity index (χ0v) is 18.3. The van der Waals surface area contributed by atoms with E-state index in [1.165, 1.54) is 18.7 Å². The molecule has 0 bridgehead atoms. The Labute approximate surface area is 176 Å². The maximum atomic E-state index is 13.9. The number of nitrogens with zero attached hydrogens (tertiary/aromatic N) is 4. The van der Waals surface area contributed by atoms with Crippen LogP contribution in [0.25, 0.3) is 0 Å². The summed E-state index contributed by atoms with van der Waals surface area (Å²) in [4.78, 5) is 6.96. The van der Waals surface area contributed by atoms with E-state index in [-0.39, 0.29) is 35.5 Å². The van der Waals surface area contributed by atoms with E-state index < -0.39 is 0 Å². The summed E-state index contributed by atoms with van der Waals surface area (Å²) in [5, 5.41) is 7.62. The van der Waals surface area contributed by atoms with Gasteiger partial charge in [0.05, 0.1) is 19.9 Å². The van der Waals surface area contributed by atoms with Crippen LogP contribution in [0.3, 0.4) is 0 Å². The number of aryl methyl sites for hydroxylation is 1. The second-order valence-corrected chi connectivity index (χ2v) is 6.52. The highest BCUT2D eigenvalue weighted by Crippen LogP contribution is 2.27. The Bertz CT molecular complexity index is 779. The number of nitrogens with one attached hydrogen (secondary N) is 1. The molecule has 1 fully saturated rings. The fraction of sp³-hybridized carbons (Fsp3) is 0.474. The second-order valence-electron chi connectivity index (χ2n) is 6.52. The van der Waals surface area contributed by atoms with Crippen LogP contribution in [0.15, 0.2) is 35.6 Å². The Morgan fingerprint density at radius 1 is 1.44 bits per heavy atom. The van der Waals surface area contributed by atoms with Gasteiger partial charge in [-0.15, -0.1) is 24.0 Å². The van der Waals surface area contributed by atoms with Crippen molar-refractivity contribution in [3.05, 3.63) is 47.5 Å². The average molecular weight is 487 g/mol. The Kier molecular flexibility index (Phi) is 7.88. The smallest absolute Gasteiger partial charge is 0.194 e. The number of methoxy groups -OCH3 is 1. The Hall–Kier alpha value is -1.84. The standard InChI is InChI=1S/C19H26FN5O.HI/c1-4-21-19(22-10-14-5-6-18(26-3)17(20)9-14)25-8-7-15(13-25)16-11-23-24(2)12-16;/h5-6,9,11-12,15H,4,7-8,10,13H2,1-3H3,(H,21,22);1H. The van der Waals surface area contributed by atoms with Crippen LogP contribution in [0, 0.1) is 5.82 Å². The SMILES string of the molecule is CCNC(=NCc1ccc(OC)c(F)c1)N1CCC(c2cnn(C)c2)C1.I. The van der Waals surface area contributed by atoms with Gasteiger partial charge in [-0.05, 0) is 36.6 Å². The van der Waals surface area contributed by atoms with E-state index >= 15 is 0 Å². The molecular formula is C19H27FIN5O. The first-order chi connectivity index (χ1) is 12.6. The number of hydrogen-bond donors (Lipinski definition) is 1. The Morgan fingerprint density at radius 3 is 2.89 bits per heavy atom. The van der Waals surface area contributed by atoms with Gasteiger partial charge in [0.15, 0.2) is 17.5 Å². The first kappa shape index (κ1) is 21.5. The van der Waals surface area contributed by atoms with Gasteiger partial charge in [-0.3, -0.25) is 4.68 Å². The minimum absolute atomic E-state index is 0. The molecule has 6 nitrogen and oxygen atoms in total. The largest absolute Gasteiger partial charge is 0.494 e. The number of rotatable bonds is 5. The van der Waals surface area contributed by atoms with E-state index in [1.54, 1.807) is 6.07 Å². The summed E-state index contributed by atoms with van der Waals surface area (Å²) >= 11 is 0. The van der Waals surface area contributed by atoms with Crippen molar-refractivity contribution in [2.45, 2.75) is 25.8 Å². The summed E-state index contributed by atoms with van der Waals surface area (Å²) in [6.07, 6.45) is 5.10. The average Bonchev–Trinajstić information content (AvgIpc) is 3.27. The predicted molar refractivity (Wildman–Crippen MR) is 115 cm³/mol. The van der Waals surface area contributed by atoms with Crippen LogP contribution in [0.4, 0.5) is 4.39 Å². The summed E-state index contributed by atoms with van der Waals surface area (Å²) in [5.41, 5.74) is 2.09. The molecule has 0 spiro atoms. The maximum absolute atomic E-state index is 13.9. The van der Waals surface area contributed by atoms with E-state index in [1.807, 2.05) is 24.0 Å². The lowest BCUT2D eigenvalue weighted by Gasteiger charge is -2.21. The van der Waals surface area contributed by atoms with Crippen molar-refractivity contribution >= 4 is 29.9 Å². The molecule has 0 aliphatic carbocycles. The Balaban J connectivity index is 0.00000261. The van der Waals surface area contributed by atoms with Gasteiger partial charge in [0.1, 0.15) is 0 Å². The number of halogens is 2. The second kappa shape index (κ2) is 9.91. The highest BCUT2D eigenvalue weighted by molar-refractivity contribution is 14.0. The number of benzene rings is 1. The van der Waals surface area contributed by atoms with Crippen molar-refractivity contribution in [2.75, 3.05) is 26.7 Å².